The highest BCUT2D eigenvalue weighted by Crippen LogP contribution is 2.39. The van der Waals surface area contributed by atoms with Gasteiger partial charge in [0, 0.05) is 41.8 Å². The first-order valence-corrected chi connectivity index (χ1v) is 9.99. The number of nitrogens with zero attached hydrogens (tertiary/aromatic N) is 1. The van der Waals surface area contributed by atoms with E-state index >= 15 is 0 Å². The van der Waals surface area contributed by atoms with E-state index < -0.39 is 18.0 Å². The van der Waals surface area contributed by atoms with Crippen molar-refractivity contribution in [2.24, 2.45) is 0 Å². The number of nitrogens with one attached hydrogen (secondary N) is 2. The van der Waals surface area contributed by atoms with Gasteiger partial charge in [-0.3, -0.25) is 4.79 Å². The second kappa shape index (κ2) is 8.33. The number of para-hydroxylation sites is 2. The molecule has 1 fully saturated rings. The normalized spacial score (nSPS) is 15.7. The van der Waals surface area contributed by atoms with E-state index in [0.717, 1.165) is 22.7 Å². The molecule has 0 unspecified atom stereocenters. The third kappa shape index (κ3) is 4.63. The molecule has 0 atom stereocenters. The molecule has 0 spiro atoms. The fourth-order valence-corrected chi connectivity index (χ4v) is 3.71. The van der Waals surface area contributed by atoms with Crippen LogP contribution < -0.4 is 20.5 Å². The van der Waals surface area contributed by atoms with Crippen LogP contribution in [0.3, 0.4) is 0 Å². The summed E-state index contributed by atoms with van der Waals surface area (Å²) in [5, 5.41) is 3.94. The molecule has 4 rings (SSSR count). The van der Waals surface area contributed by atoms with Gasteiger partial charge in [0.2, 0.25) is 5.56 Å². The summed E-state index contributed by atoms with van der Waals surface area (Å²) >= 11 is 0. The fourth-order valence-electron chi connectivity index (χ4n) is 3.71. The van der Waals surface area contributed by atoms with Gasteiger partial charge in [0.25, 0.3) is 0 Å². The molecule has 2 heterocycles. The topological polar surface area (TPSA) is 57.4 Å². The summed E-state index contributed by atoms with van der Waals surface area (Å²) in [6.07, 6.45) is -9.80. The molecule has 1 aromatic heterocycles. The molecular weight excluding hydrogens is 433 g/mol. The summed E-state index contributed by atoms with van der Waals surface area (Å²) in [7, 11) is 0. The predicted molar refractivity (Wildman–Crippen MR) is 111 cm³/mol. The summed E-state index contributed by atoms with van der Waals surface area (Å²) in [6.45, 7) is 1.32. The number of halogens is 5. The van der Waals surface area contributed by atoms with Crippen LogP contribution in [0.2, 0.25) is 0 Å². The number of H-pyrrole nitrogens is 1. The van der Waals surface area contributed by atoms with Crippen LogP contribution in [0.5, 0.6) is 5.75 Å². The molecule has 5 nitrogen and oxygen atoms in total. The summed E-state index contributed by atoms with van der Waals surface area (Å²) in [6, 6.07) is 14.2. The third-order valence-electron chi connectivity index (χ3n) is 5.38. The zero-order valence-corrected chi connectivity index (χ0v) is 16.8. The van der Waals surface area contributed by atoms with E-state index in [1.54, 1.807) is 6.07 Å². The minimum Gasteiger partial charge on any atom is -0.424 e. The van der Waals surface area contributed by atoms with Gasteiger partial charge in [0.15, 0.2) is 0 Å². The maximum atomic E-state index is 13.3. The summed E-state index contributed by atoms with van der Waals surface area (Å²) < 4.78 is 68.3. The minimum atomic E-state index is -5.81. The molecule has 2 N–H and O–H groups in total. The highest BCUT2D eigenvalue weighted by atomic mass is 19.4. The molecule has 0 bridgehead atoms. The van der Waals surface area contributed by atoms with Crippen LogP contribution in [0, 0.1) is 0 Å². The highest BCUT2D eigenvalue weighted by Gasteiger charge is 2.61. The molecule has 1 saturated heterocycles. The van der Waals surface area contributed by atoms with Gasteiger partial charge >= 0.3 is 12.3 Å². The number of anilines is 2. The Balaban J connectivity index is 1.42. The second-order valence-corrected chi connectivity index (χ2v) is 7.61. The lowest BCUT2D eigenvalue weighted by atomic mass is 10.0. The average Bonchev–Trinajstić information content (AvgIpc) is 2.74. The van der Waals surface area contributed by atoms with E-state index in [0.29, 0.717) is 25.9 Å². The summed E-state index contributed by atoms with van der Waals surface area (Å²) in [5.74, 6) is -0.555. The molecule has 3 aromatic rings. The van der Waals surface area contributed by atoms with Crippen LogP contribution >= 0.6 is 0 Å². The van der Waals surface area contributed by atoms with Crippen LogP contribution in [0.4, 0.5) is 33.3 Å². The Morgan fingerprint density at radius 3 is 2.41 bits per heavy atom. The Kier molecular flexibility index (Phi) is 5.70. The van der Waals surface area contributed by atoms with E-state index in [-0.39, 0.29) is 17.3 Å². The monoisotopic (exact) mass is 453 g/mol. The lowest BCUT2D eigenvalue weighted by molar-refractivity contribution is -0.360. The van der Waals surface area contributed by atoms with Crippen molar-refractivity contribution in [2.75, 3.05) is 23.3 Å². The molecule has 2 aromatic carbocycles. The maximum Gasteiger partial charge on any atom is 0.499 e. The molecule has 0 amide bonds. The van der Waals surface area contributed by atoms with Crippen molar-refractivity contribution in [1.29, 1.82) is 0 Å². The van der Waals surface area contributed by atoms with Gasteiger partial charge in [-0.25, -0.2) is 0 Å². The zero-order chi connectivity index (χ0) is 22.9. The van der Waals surface area contributed by atoms with Gasteiger partial charge in [-0.2, -0.15) is 22.0 Å². The van der Waals surface area contributed by atoms with Crippen molar-refractivity contribution in [1.82, 2.24) is 4.98 Å². The van der Waals surface area contributed by atoms with Gasteiger partial charge in [-0.15, -0.1) is 0 Å². The third-order valence-corrected chi connectivity index (χ3v) is 5.38. The molecular formula is C22H20F5N3O2. The van der Waals surface area contributed by atoms with Gasteiger partial charge in [0.05, 0.1) is 5.69 Å². The Bertz CT molecular complexity index is 1150. The number of rotatable bonds is 5. The fraction of sp³-hybridized carbons (Fsp3) is 0.318. The molecule has 0 saturated carbocycles. The van der Waals surface area contributed by atoms with Crippen LogP contribution in [-0.2, 0) is 0 Å². The summed E-state index contributed by atoms with van der Waals surface area (Å²) in [5.41, 5.74) is 1.64. The first kappa shape index (κ1) is 21.9. The van der Waals surface area contributed by atoms with E-state index in [1.807, 2.05) is 18.2 Å². The van der Waals surface area contributed by atoms with Gasteiger partial charge in [-0.05, 0) is 49.2 Å². The largest absolute Gasteiger partial charge is 0.499 e. The number of hydrogen-bond acceptors (Lipinski definition) is 4. The maximum absolute atomic E-state index is 13.3. The van der Waals surface area contributed by atoms with Crippen molar-refractivity contribution in [3.8, 4) is 5.75 Å². The van der Waals surface area contributed by atoms with Crippen LogP contribution in [-0.4, -0.2) is 36.4 Å². The zero-order valence-electron chi connectivity index (χ0n) is 16.8. The van der Waals surface area contributed by atoms with Crippen molar-refractivity contribution in [3.05, 3.63) is 65.0 Å². The van der Waals surface area contributed by atoms with Gasteiger partial charge in [0.1, 0.15) is 5.75 Å². The van der Waals surface area contributed by atoms with E-state index in [4.69, 9.17) is 0 Å². The van der Waals surface area contributed by atoms with Crippen molar-refractivity contribution in [3.63, 3.8) is 0 Å². The lowest BCUT2D eigenvalue weighted by Gasteiger charge is -2.35. The summed E-state index contributed by atoms with van der Waals surface area (Å²) in [4.78, 5) is 16.3. The SMILES string of the molecule is O=c1ccc2cc(N3CCC(Nc4ccccc4OC(F)(F)C(F)(F)F)CC3)ccc2[nH]1. The number of pyridine rings is 1. The lowest BCUT2D eigenvalue weighted by Crippen LogP contribution is -2.42. The van der Waals surface area contributed by atoms with Crippen LogP contribution in [0.1, 0.15) is 12.8 Å². The van der Waals surface area contributed by atoms with Crippen molar-refractivity contribution >= 4 is 22.3 Å². The standard InChI is InChI=1S/C22H20F5N3O2/c23-21(24,25)22(26,27)32-19-4-2-1-3-18(19)28-15-9-11-30(12-10-15)16-6-7-17-14(13-16)5-8-20(31)29-17/h1-8,13,15,28H,9-12H2,(H,29,31). The number of aromatic nitrogens is 1. The molecule has 0 radical (unpaired) electrons. The Labute approximate surface area is 179 Å². The average molecular weight is 453 g/mol. The predicted octanol–water partition coefficient (Wildman–Crippen LogP) is 5.14. The quantitative estimate of drug-likeness (QED) is 0.525. The molecule has 10 heteroatoms. The van der Waals surface area contributed by atoms with E-state index in [9.17, 15) is 26.7 Å². The Morgan fingerprint density at radius 1 is 0.969 bits per heavy atom. The smallest absolute Gasteiger partial charge is 0.424 e. The first-order valence-electron chi connectivity index (χ1n) is 9.99. The Morgan fingerprint density at radius 2 is 1.69 bits per heavy atom. The number of alkyl halides is 5. The number of piperidine rings is 1. The minimum absolute atomic E-state index is 0.0875. The molecule has 170 valence electrons. The van der Waals surface area contributed by atoms with E-state index in [1.165, 1.54) is 24.3 Å². The number of fused-ring (bicyclic) bond motifs is 1. The van der Waals surface area contributed by atoms with Crippen LogP contribution in [0.15, 0.2) is 59.4 Å². The molecule has 1 aliphatic heterocycles. The van der Waals surface area contributed by atoms with E-state index in [2.05, 4.69) is 19.9 Å². The van der Waals surface area contributed by atoms with Crippen molar-refractivity contribution in [2.45, 2.75) is 31.2 Å². The number of hydrogen-bond donors (Lipinski definition) is 2. The highest BCUT2D eigenvalue weighted by molar-refractivity contribution is 5.82. The molecule has 0 aliphatic carbocycles. The second-order valence-electron chi connectivity index (χ2n) is 7.61. The first-order chi connectivity index (χ1) is 15.1. The number of ether oxygens (including phenoxy) is 1. The van der Waals surface area contributed by atoms with Gasteiger partial charge in [-0.1, -0.05) is 12.1 Å². The molecule has 1 aliphatic rings. The van der Waals surface area contributed by atoms with Gasteiger partial charge < -0.3 is 19.9 Å². The molecule has 32 heavy (non-hydrogen) atoms. The number of aromatic amines is 1. The van der Waals surface area contributed by atoms with Crippen LogP contribution in [0.25, 0.3) is 10.9 Å². The number of benzene rings is 2. The Hall–Kier alpha value is -3.30. The van der Waals surface area contributed by atoms with Crippen molar-refractivity contribution < 1.29 is 26.7 Å².